The zero-order chi connectivity index (χ0) is 10.3. The second-order valence-electron chi connectivity index (χ2n) is 2.72. The van der Waals surface area contributed by atoms with Gasteiger partial charge in [0.25, 0.3) is 0 Å². The number of carbonyl (C=O) groups excluding carboxylic acids is 2. The van der Waals surface area contributed by atoms with Gasteiger partial charge in [0.2, 0.25) is 11.8 Å². The van der Waals surface area contributed by atoms with Crippen molar-refractivity contribution < 1.29 is 9.59 Å². The maximum absolute atomic E-state index is 11.1. The van der Waals surface area contributed by atoms with Crippen LogP contribution in [0.5, 0.6) is 0 Å². The molecule has 76 valence electrons. The Morgan fingerprint density at radius 3 is 2.54 bits per heavy atom. The van der Waals surface area contributed by atoms with E-state index in [1.165, 1.54) is 0 Å². The Morgan fingerprint density at radius 2 is 2.15 bits per heavy atom. The van der Waals surface area contributed by atoms with Crippen LogP contribution in [0.3, 0.4) is 0 Å². The number of nitrogens with two attached hydrogens (primary N) is 1. The van der Waals surface area contributed by atoms with Gasteiger partial charge in [-0.25, -0.2) is 0 Å². The monoisotopic (exact) mass is 250 g/mol. The third-order valence-corrected chi connectivity index (χ3v) is 2.19. The number of hydrogen-bond donors (Lipinski definition) is 2. The lowest BCUT2D eigenvalue weighted by molar-refractivity contribution is -0.127. The molecule has 0 aromatic heterocycles. The number of alkyl halides is 1. The van der Waals surface area contributed by atoms with E-state index in [0.29, 0.717) is 12.8 Å². The Hall–Kier alpha value is -0.580. The fourth-order valence-electron chi connectivity index (χ4n) is 0.868. The number of hydrogen-bond acceptors (Lipinski definition) is 2. The van der Waals surface area contributed by atoms with Gasteiger partial charge in [0.1, 0.15) is 6.04 Å². The van der Waals surface area contributed by atoms with Gasteiger partial charge in [0, 0.05) is 11.8 Å². The van der Waals surface area contributed by atoms with Crippen molar-refractivity contribution in [2.75, 3.05) is 5.33 Å². The van der Waals surface area contributed by atoms with E-state index in [0.717, 1.165) is 11.8 Å². The van der Waals surface area contributed by atoms with E-state index in [1.54, 1.807) is 6.92 Å². The van der Waals surface area contributed by atoms with Gasteiger partial charge in [0.05, 0.1) is 0 Å². The Bertz CT molecular complexity index is 185. The molecule has 0 fully saturated rings. The number of primary amides is 1. The molecule has 0 aromatic carbocycles. The summed E-state index contributed by atoms with van der Waals surface area (Å²) in [6.07, 6.45) is 1.73. The molecule has 1 unspecified atom stereocenters. The molecular weight excluding hydrogens is 236 g/mol. The molecule has 2 amide bonds. The highest BCUT2D eigenvalue weighted by Crippen LogP contribution is 1.96. The fraction of sp³-hybridized carbons (Fsp3) is 0.750. The Kier molecular flexibility index (Phi) is 6.58. The molecule has 0 aliphatic heterocycles. The summed E-state index contributed by atoms with van der Waals surface area (Å²) in [7, 11) is 0. The van der Waals surface area contributed by atoms with Crippen LogP contribution in [-0.4, -0.2) is 23.2 Å². The lowest BCUT2D eigenvalue weighted by atomic mass is 10.2. The predicted octanol–water partition coefficient (Wildman–Crippen LogP) is 0.542. The van der Waals surface area contributed by atoms with Crippen LogP contribution in [0.4, 0.5) is 0 Å². The van der Waals surface area contributed by atoms with E-state index < -0.39 is 11.9 Å². The summed E-state index contributed by atoms with van der Waals surface area (Å²) in [5.41, 5.74) is 5.06. The van der Waals surface area contributed by atoms with E-state index in [1.807, 2.05) is 0 Å². The summed E-state index contributed by atoms with van der Waals surface area (Å²) >= 11 is 3.22. The second kappa shape index (κ2) is 6.88. The third kappa shape index (κ3) is 5.63. The lowest BCUT2D eigenvalue weighted by Gasteiger charge is -2.12. The Morgan fingerprint density at radius 1 is 1.54 bits per heavy atom. The van der Waals surface area contributed by atoms with Crippen molar-refractivity contribution in [2.45, 2.75) is 32.2 Å². The second-order valence-corrected chi connectivity index (χ2v) is 3.52. The lowest BCUT2D eigenvalue weighted by Crippen LogP contribution is -2.43. The molecule has 0 aromatic rings. The summed E-state index contributed by atoms with van der Waals surface area (Å²) in [6.45, 7) is 1.81. The van der Waals surface area contributed by atoms with Crippen LogP contribution in [0, 0.1) is 0 Å². The topological polar surface area (TPSA) is 72.2 Å². The molecule has 0 saturated heterocycles. The standard InChI is InChI=1S/C8H15BrN2O2/c1-2-6(8(10)13)11-7(12)4-3-5-9/h6H,2-5H2,1H3,(H2,10,13)(H,11,12). The maximum Gasteiger partial charge on any atom is 0.239 e. The molecule has 0 aliphatic carbocycles. The summed E-state index contributed by atoms with van der Waals surface area (Å²) in [4.78, 5) is 21.9. The fourth-order valence-corrected chi connectivity index (χ4v) is 1.15. The molecule has 13 heavy (non-hydrogen) atoms. The van der Waals surface area contributed by atoms with Crippen molar-refractivity contribution in [3.8, 4) is 0 Å². The molecule has 0 spiro atoms. The van der Waals surface area contributed by atoms with Gasteiger partial charge in [-0.05, 0) is 12.8 Å². The highest BCUT2D eigenvalue weighted by atomic mass is 79.9. The molecule has 5 heteroatoms. The minimum atomic E-state index is -0.525. The predicted molar refractivity (Wildman–Crippen MR) is 54.4 cm³/mol. The van der Waals surface area contributed by atoms with Crippen LogP contribution >= 0.6 is 15.9 Å². The van der Waals surface area contributed by atoms with Gasteiger partial charge in [-0.3, -0.25) is 9.59 Å². The summed E-state index contributed by atoms with van der Waals surface area (Å²) < 4.78 is 0. The van der Waals surface area contributed by atoms with Gasteiger partial charge >= 0.3 is 0 Å². The molecule has 0 saturated carbocycles. The van der Waals surface area contributed by atoms with Crippen molar-refractivity contribution in [1.29, 1.82) is 0 Å². The molecule has 0 heterocycles. The normalized spacial score (nSPS) is 12.2. The molecule has 0 rings (SSSR count). The first-order valence-electron chi connectivity index (χ1n) is 4.26. The van der Waals surface area contributed by atoms with E-state index >= 15 is 0 Å². The van der Waals surface area contributed by atoms with Crippen LogP contribution < -0.4 is 11.1 Å². The first-order chi connectivity index (χ1) is 6.11. The van der Waals surface area contributed by atoms with Crippen LogP contribution in [0.1, 0.15) is 26.2 Å². The van der Waals surface area contributed by atoms with E-state index in [-0.39, 0.29) is 5.91 Å². The highest BCUT2D eigenvalue weighted by Gasteiger charge is 2.14. The van der Waals surface area contributed by atoms with Crippen LogP contribution in [-0.2, 0) is 9.59 Å². The Labute approximate surface area is 86.4 Å². The van der Waals surface area contributed by atoms with Gasteiger partial charge < -0.3 is 11.1 Å². The molecule has 0 radical (unpaired) electrons. The Balaban J connectivity index is 3.80. The zero-order valence-electron chi connectivity index (χ0n) is 7.68. The maximum atomic E-state index is 11.1. The minimum Gasteiger partial charge on any atom is -0.368 e. The van der Waals surface area contributed by atoms with Crippen molar-refractivity contribution in [2.24, 2.45) is 5.73 Å². The van der Waals surface area contributed by atoms with Crippen LogP contribution in [0.15, 0.2) is 0 Å². The van der Waals surface area contributed by atoms with Crippen LogP contribution in [0.25, 0.3) is 0 Å². The van der Waals surface area contributed by atoms with Crippen molar-refractivity contribution in [1.82, 2.24) is 5.32 Å². The summed E-state index contributed by atoms with van der Waals surface area (Å²) in [5.74, 6) is -0.597. The SMILES string of the molecule is CCC(NC(=O)CCCBr)C(N)=O. The van der Waals surface area contributed by atoms with E-state index in [9.17, 15) is 9.59 Å². The van der Waals surface area contributed by atoms with Crippen molar-refractivity contribution in [3.63, 3.8) is 0 Å². The minimum absolute atomic E-state index is 0.120. The smallest absolute Gasteiger partial charge is 0.239 e. The van der Waals surface area contributed by atoms with Gasteiger partial charge in [0.15, 0.2) is 0 Å². The summed E-state index contributed by atoms with van der Waals surface area (Å²) in [6, 6.07) is -0.525. The average molecular weight is 251 g/mol. The van der Waals surface area contributed by atoms with Crippen molar-refractivity contribution in [3.05, 3.63) is 0 Å². The number of amides is 2. The molecule has 0 bridgehead atoms. The number of carbonyl (C=O) groups is 2. The van der Waals surface area contributed by atoms with E-state index in [2.05, 4.69) is 21.2 Å². The third-order valence-electron chi connectivity index (χ3n) is 1.62. The van der Waals surface area contributed by atoms with Crippen LogP contribution in [0.2, 0.25) is 0 Å². The molecule has 4 nitrogen and oxygen atoms in total. The van der Waals surface area contributed by atoms with Gasteiger partial charge in [-0.1, -0.05) is 22.9 Å². The van der Waals surface area contributed by atoms with E-state index in [4.69, 9.17) is 5.73 Å². The van der Waals surface area contributed by atoms with Gasteiger partial charge in [-0.2, -0.15) is 0 Å². The highest BCUT2D eigenvalue weighted by molar-refractivity contribution is 9.09. The number of halogens is 1. The van der Waals surface area contributed by atoms with Gasteiger partial charge in [-0.15, -0.1) is 0 Å². The summed E-state index contributed by atoms with van der Waals surface area (Å²) in [5, 5.41) is 3.35. The van der Waals surface area contributed by atoms with Crippen molar-refractivity contribution >= 4 is 27.7 Å². The number of rotatable bonds is 6. The molecule has 0 aliphatic rings. The quantitative estimate of drug-likeness (QED) is 0.676. The number of nitrogens with one attached hydrogen (secondary N) is 1. The molecule has 3 N–H and O–H groups in total. The molecular formula is C8H15BrN2O2. The molecule has 1 atom stereocenters. The average Bonchev–Trinajstić information content (AvgIpc) is 2.10. The first kappa shape index (κ1) is 12.4. The largest absolute Gasteiger partial charge is 0.368 e. The first-order valence-corrected chi connectivity index (χ1v) is 5.38. The zero-order valence-corrected chi connectivity index (χ0v) is 9.26.